The number of unbranched alkanes of at least 4 members (excludes halogenated alkanes) is 1. The Morgan fingerprint density at radius 1 is 1.24 bits per heavy atom. The molecule has 17 heavy (non-hydrogen) atoms. The number of nitrogens with one attached hydrogen (secondary N) is 1. The van der Waals surface area contributed by atoms with Gasteiger partial charge in [-0.25, -0.2) is 4.63 Å². The Labute approximate surface area is 101 Å². The average Bonchev–Trinajstić information content (AvgIpc) is 2.77. The maximum atomic E-state index is 4.72. The topological polar surface area (TPSA) is 54.2 Å². The van der Waals surface area contributed by atoms with Crippen LogP contribution in [0.3, 0.4) is 0 Å². The SMILES string of the molecule is CN(C)CCCCNc1cccc2nonc12. The zero-order chi connectivity index (χ0) is 12.1. The summed E-state index contributed by atoms with van der Waals surface area (Å²) < 4.78 is 4.72. The van der Waals surface area contributed by atoms with Gasteiger partial charge in [0.15, 0.2) is 5.52 Å². The molecule has 92 valence electrons. The lowest BCUT2D eigenvalue weighted by Crippen LogP contribution is -2.14. The minimum atomic E-state index is 0.795. The van der Waals surface area contributed by atoms with Crippen molar-refractivity contribution in [3.63, 3.8) is 0 Å². The number of rotatable bonds is 6. The summed E-state index contributed by atoms with van der Waals surface area (Å²) in [4.78, 5) is 2.20. The molecule has 0 amide bonds. The molecule has 5 nitrogen and oxygen atoms in total. The van der Waals surface area contributed by atoms with Crippen LogP contribution in [0.2, 0.25) is 0 Å². The number of hydrogen-bond acceptors (Lipinski definition) is 5. The molecule has 0 spiro atoms. The van der Waals surface area contributed by atoms with E-state index in [0.29, 0.717) is 0 Å². The maximum Gasteiger partial charge on any atom is 0.158 e. The van der Waals surface area contributed by atoms with Crippen molar-refractivity contribution in [2.75, 3.05) is 32.5 Å². The van der Waals surface area contributed by atoms with E-state index in [1.54, 1.807) is 0 Å². The first-order chi connectivity index (χ1) is 8.27. The first-order valence-corrected chi connectivity index (χ1v) is 5.87. The van der Waals surface area contributed by atoms with Crippen LogP contribution in [0.1, 0.15) is 12.8 Å². The second kappa shape index (κ2) is 5.63. The molecule has 0 radical (unpaired) electrons. The number of nitrogens with zero attached hydrogens (tertiary/aromatic N) is 3. The van der Waals surface area contributed by atoms with Crippen molar-refractivity contribution in [2.45, 2.75) is 12.8 Å². The lowest BCUT2D eigenvalue weighted by molar-refractivity contribution is 0.315. The third-order valence-electron chi connectivity index (χ3n) is 2.63. The fourth-order valence-electron chi connectivity index (χ4n) is 1.72. The van der Waals surface area contributed by atoms with Gasteiger partial charge in [0.1, 0.15) is 5.52 Å². The summed E-state index contributed by atoms with van der Waals surface area (Å²) in [5, 5.41) is 11.1. The molecule has 1 heterocycles. The summed E-state index contributed by atoms with van der Waals surface area (Å²) in [5.41, 5.74) is 2.59. The summed E-state index contributed by atoms with van der Waals surface area (Å²) in [7, 11) is 4.18. The van der Waals surface area contributed by atoms with Gasteiger partial charge in [0.25, 0.3) is 0 Å². The van der Waals surface area contributed by atoms with Crippen LogP contribution in [-0.2, 0) is 0 Å². The van der Waals surface area contributed by atoms with Crippen molar-refractivity contribution in [3.8, 4) is 0 Å². The first kappa shape index (κ1) is 11.9. The Balaban J connectivity index is 1.84. The van der Waals surface area contributed by atoms with Crippen LogP contribution >= 0.6 is 0 Å². The van der Waals surface area contributed by atoms with E-state index in [1.807, 2.05) is 18.2 Å². The minimum absolute atomic E-state index is 0.795. The molecule has 0 bridgehead atoms. The second-order valence-electron chi connectivity index (χ2n) is 4.37. The maximum absolute atomic E-state index is 4.72. The highest BCUT2D eigenvalue weighted by Crippen LogP contribution is 2.19. The van der Waals surface area contributed by atoms with Crippen molar-refractivity contribution in [2.24, 2.45) is 0 Å². The van der Waals surface area contributed by atoms with Crippen LogP contribution in [-0.4, -0.2) is 42.4 Å². The van der Waals surface area contributed by atoms with Crippen molar-refractivity contribution >= 4 is 16.7 Å². The van der Waals surface area contributed by atoms with E-state index in [-0.39, 0.29) is 0 Å². The third kappa shape index (κ3) is 3.17. The normalized spacial score (nSPS) is 11.2. The lowest BCUT2D eigenvalue weighted by atomic mass is 10.2. The number of aromatic nitrogens is 2. The van der Waals surface area contributed by atoms with Gasteiger partial charge in [0.2, 0.25) is 0 Å². The van der Waals surface area contributed by atoms with Gasteiger partial charge in [-0.2, -0.15) is 0 Å². The Morgan fingerprint density at radius 3 is 2.94 bits per heavy atom. The Kier molecular flexibility index (Phi) is 3.93. The van der Waals surface area contributed by atoms with Gasteiger partial charge in [0.05, 0.1) is 5.69 Å². The molecule has 2 rings (SSSR count). The van der Waals surface area contributed by atoms with Crippen LogP contribution in [0, 0.1) is 0 Å². The predicted octanol–water partition coefficient (Wildman–Crippen LogP) is 1.98. The van der Waals surface area contributed by atoms with Gasteiger partial charge in [0, 0.05) is 6.54 Å². The highest BCUT2D eigenvalue weighted by Gasteiger charge is 2.04. The Hall–Kier alpha value is -1.62. The van der Waals surface area contributed by atoms with Crippen LogP contribution in [0.4, 0.5) is 5.69 Å². The van der Waals surface area contributed by atoms with Crippen LogP contribution in [0.5, 0.6) is 0 Å². The molecule has 2 aromatic rings. The Bertz CT molecular complexity index is 466. The van der Waals surface area contributed by atoms with Crippen LogP contribution < -0.4 is 5.32 Å². The largest absolute Gasteiger partial charge is 0.383 e. The number of benzene rings is 1. The van der Waals surface area contributed by atoms with Gasteiger partial charge in [-0.05, 0) is 55.9 Å². The summed E-state index contributed by atoms with van der Waals surface area (Å²) >= 11 is 0. The average molecular weight is 234 g/mol. The minimum Gasteiger partial charge on any atom is -0.383 e. The standard InChI is InChI=1S/C12H18N4O/c1-16(2)9-4-3-8-13-10-6-5-7-11-12(10)15-17-14-11/h5-7,13H,3-4,8-9H2,1-2H3. The van der Waals surface area contributed by atoms with Gasteiger partial charge in [-0.15, -0.1) is 0 Å². The molecule has 0 atom stereocenters. The summed E-state index contributed by atoms with van der Waals surface area (Å²) in [6.07, 6.45) is 2.33. The number of hydrogen-bond donors (Lipinski definition) is 1. The van der Waals surface area contributed by atoms with E-state index in [4.69, 9.17) is 4.63 Å². The zero-order valence-corrected chi connectivity index (χ0v) is 10.3. The van der Waals surface area contributed by atoms with Gasteiger partial charge >= 0.3 is 0 Å². The molecule has 1 aromatic heterocycles. The van der Waals surface area contributed by atoms with E-state index in [9.17, 15) is 0 Å². The third-order valence-corrected chi connectivity index (χ3v) is 2.63. The van der Waals surface area contributed by atoms with Crippen molar-refractivity contribution in [1.29, 1.82) is 0 Å². The highest BCUT2D eigenvalue weighted by atomic mass is 16.6. The van der Waals surface area contributed by atoms with E-state index >= 15 is 0 Å². The summed E-state index contributed by atoms with van der Waals surface area (Å²) in [6.45, 7) is 2.07. The molecule has 5 heteroatoms. The van der Waals surface area contributed by atoms with Crippen LogP contribution in [0.15, 0.2) is 22.8 Å². The lowest BCUT2D eigenvalue weighted by Gasteiger charge is -2.09. The van der Waals surface area contributed by atoms with Crippen LogP contribution in [0.25, 0.3) is 11.0 Å². The quantitative estimate of drug-likeness (QED) is 0.774. The first-order valence-electron chi connectivity index (χ1n) is 5.87. The number of anilines is 1. The molecule has 0 aliphatic rings. The summed E-state index contributed by atoms with van der Waals surface area (Å²) in [6, 6.07) is 5.84. The molecular formula is C12H18N4O. The zero-order valence-electron chi connectivity index (χ0n) is 10.3. The molecule has 0 fully saturated rings. The van der Waals surface area contributed by atoms with E-state index in [2.05, 4.69) is 34.6 Å². The van der Waals surface area contributed by atoms with Gasteiger partial charge in [-0.3, -0.25) is 0 Å². The summed E-state index contributed by atoms with van der Waals surface area (Å²) in [5.74, 6) is 0. The monoisotopic (exact) mass is 234 g/mol. The van der Waals surface area contributed by atoms with E-state index in [1.165, 1.54) is 6.42 Å². The fourth-order valence-corrected chi connectivity index (χ4v) is 1.72. The van der Waals surface area contributed by atoms with E-state index < -0.39 is 0 Å². The molecule has 0 saturated heterocycles. The Morgan fingerprint density at radius 2 is 2.12 bits per heavy atom. The molecule has 0 aliphatic heterocycles. The smallest absolute Gasteiger partial charge is 0.158 e. The molecule has 1 N–H and O–H groups in total. The van der Waals surface area contributed by atoms with Crippen molar-refractivity contribution in [3.05, 3.63) is 18.2 Å². The molecule has 1 aromatic carbocycles. The van der Waals surface area contributed by atoms with Crippen molar-refractivity contribution in [1.82, 2.24) is 15.2 Å². The molecule has 0 aliphatic carbocycles. The second-order valence-corrected chi connectivity index (χ2v) is 4.37. The van der Waals surface area contributed by atoms with Crippen molar-refractivity contribution < 1.29 is 4.63 Å². The highest BCUT2D eigenvalue weighted by molar-refractivity contribution is 5.86. The van der Waals surface area contributed by atoms with Gasteiger partial charge in [-0.1, -0.05) is 6.07 Å². The number of fused-ring (bicyclic) bond motifs is 1. The molecule has 0 unspecified atom stereocenters. The van der Waals surface area contributed by atoms with Gasteiger partial charge < -0.3 is 10.2 Å². The predicted molar refractivity (Wildman–Crippen MR) is 68.1 cm³/mol. The van der Waals surface area contributed by atoms with E-state index in [0.717, 1.165) is 36.2 Å². The molecule has 0 saturated carbocycles. The fraction of sp³-hybridized carbons (Fsp3) is 0.500. The molecular weight excluding hydrogens is 216 g/mol.